The van der Waals surface area contributed by atoms with Crippen LogP contribution in [0, 0.1) is 0 Å². The molecule has 0 aliphatic rings. The van der Waals surface area contributed by atoms with E-state index >= 15 is 0 Å². The van der Waals surface area contributed by atoms with Gasteiger partial charge in [-0.25, -0.2) is 0 Å². The van der Waals surface area contributed by atoms with Crippen LogP contribution in [0.15, 0.2) is 34.3 Å². The average molecular weight is 245 g/mol. The predicted molar refractivity (Wildman–Crippen MR) is 64.8 cm³/mol. The van der Waals surface area contributed by atoms with Gasteiger partial charge in [0.05, 0.1) is 5.25 Å². The molecule has 5 heteroatoms. The van der Waals surface area contributed by atoms with Crippen molar-refractivity contribution in [3.8, 4) is 0 Å². The zero-order valence-corrected chi connectivity index (χ0v) is 9.92. The molecule has 15 heavy (non-hydrogen) atoms. The quantitative estimate of drug-likeness (QED) is 0.282. The highest BCUT2D eigenvalue weighted by atomic mass is 35.5. The summed E-state index contributed by atoms with van der Waals surface area (Å²) in [4.78, 5) is 1.05. The smallest absolute Gasteiger partial charge is 0.152 e. The van der Waals surface area contributed by atoms with E-state index in [4.69, 9.17) is 22.5 Å². The van der Waals surface area contributed by atoms with E-state index in [1.807, 2.05) is 31.2 Å². The van der Waals surface area contributed by atoms with Crippen molar-refractivity contribution in [1.82, 2.24) is 0 Å². The van der Waals surface area contributed by atoms with Crippen molar-refractivity contribution in [1.29, 1.82) is 0 Å². The van der Waals surface area contributed by atoms with Crippen molar-refractivity contribution >= 4 is 29.2 Å². The van der Waals surface area contributed by atoms with E-state index in [1.165, 1.54) is 0 Å². The Morgan fingerprint density at radius 1 is 1.53 bits per heavy atom. The van der Waals surface area contributed by atoms with Crippen LogP contribution < -0.4 is 5.73 Å². The minimum absolute atomic E-state index is 0.00354. The van der Waals surface area contributed by atoms with E-state index < -0.39 is 0 Å². The first kappa shape index (κ1) is 12.2. The van der Waals surface area contributed by atoms with Crippen molar-refractivity contribution < 1.29 is 5.21 Å². The van der Waals surface area contributed by atoms with Crippen molar-refractivity contribution in [2.75, 3.05) is 0 Å². The summed E-state index contributed by atoms with van der Waals surface area (Å²) >= 11 is 7.33. The Morgan fingerprint density at radius 2 is 2.13 bits per heavy atom. The summed E-state index contributed by atoms with van der Waals surface area (Å²) in [5.41, 5.74) is 5.56. The molecule has 1 rings (SSSR count). The number of thioether (sulfide) groups is 1. The number of benzene rings is 1. The Bertz CT molecular complexity index is 340. The molecule has 1 aromatic carbocycles. The fourth-order valence-electron chi connectivity index (χ4n) is 1.09. The summed E-state index contributed by atoms with van der Waals surface area (Å²) < 4.78 is 0. The van der Waals surface area contributed by atoms with Gasteiger partial charge in [0.2, 0.25) is 0 Å². The summed E-state index contributed by atoms with van der Waals surface area (Å²) in [5.74, 6) is 0.248. The largest absolute Gasteiger partial charge is 0.409 e. The Morgan fingerprint density at radius 3 is 2.60 bits per heavy atom. The molecule has 0 bridgehead atoms. The maximum absolute atomic E-state index is 8.59. The van der Waals surface area contributed by atoms with E-state index in [9.17, 15) is 0 Å². The summed E-state index contributed by atoms with van der Waals surface area (Å²) in [6, 6.07) is 7.48. The maximum atomic E-state index is 8.59. The zero-order valence-electron chi connectivity index (χ0n) is 8.35. The van der Waals surface area contributed by atoms with E-state index in [0.29, 0.717) is 5.02 Å². The van der Waals surface area contributed by atoms with Gasteiger partial charge >= 0.3 is 0 Å². The van der Waals surface area contributed by atoms with E-state index in [-0.39, 0.29) is 11.1 Å². The molecule has 3 N–H and O–H groups in total. The second kappa shape index (κ2) is 5.88. The minimum atomic E-state index is -0.00354. The lowest BCUT2D eigenvalue weighted by Crippen LogP contribution is -2.25. The highest BCUT2D eigenvalue weighted by Gasteiger charge is 2.12. The number of halogens is 1. The molecule has 82 valence electrons. The van der Waals surface area contributed by atoms with Crippen LogP contribution >= 0.6 is 23.4 Å². The van der Waals surface area contributed by atoms with Crippen LogP contribution in [0.4, 0.5) is 0 Å². The summed E-state index contributed by atoms with van der Waals surface area (Å²) in [5, 5.41) is 12.3. The van der Waals surface area contributed by atoms with Gasteiger partial charge in [-0.05, 0) is 30.7 Å². The molecule has 3 nitrogen and oxygen atoms in total. The van der Waals surface area contributed by atoms with Gasteiger partial charge in [-0.3, -0.25) is 0 Å². The molecule has 0 spiro atoms. The summed E-state index contributed by atoms with van der Waals surface area (Å²) in [6.07, 6.45) is 0.809. The molecule has 0 saturated heterocycles. The highest BCUT2D eigenvalue weighted by Crippen LogP contribution is 2.26. The van der Waals surface area contributed by atoms with Crippen LogP contribution in [0.25, 0.3) is 0 Å². The first-order chi connectivity index (χ1) is 7.17. The fourth-order valence-corrected chi connectivity index (χ4v) is 2.18. The van der Waals surface area contributed by atoms with Gasteiger partial charge in [0, 0.05) is 9.92 Å². The number of hydrogen-bond acceptors (Lipinski definition) is 3. The molecular weight excluding hydrogens is 232 g/mol. The van der Waals surface area contributed by atoms with Crippen LogP contribution in [-0.4, -0.2) is 16.3 Å². The van der Waals surface area contributed by atoms with E-state index in [1.54, 1.807) is 11.8 Å². The van der Waals surface area contributed by atoms with Gasteiger partial charge in [-0.2, -0.15) is 0 Å². The maximum Gasteiger partial charge on any atom is 0.152 e. The normalized spacial score (nSPS) is 13.9. The number of oxime groups is 1. The standard InChI is InChI=1S/C10H13ClN2OS/c1-2-9(10(12)13-14)15-8-5-3-7(11)4-6-8/h3-6,9,14H,2H2,1H3,(H2,12,13). The zero-order chi connectivity index (χ0) is 11.3. The lowest BCUT2D eigenvalue weighted by molar-refractivity contribution is 0.317. The minimum Gasteiger partial charge on any atom is -0.409 e. The van der Waals surface area contributed by atoms with Crippen molar-refractivity contribution in [3.63, 3.8) is 0 Å². The van der Waals surface area contributed by atoms with Gasteiger partial charge in [0.25, 0.3) is 0 Å². The van der Waals surface area contributed by atoms with Crippen LogP contribution in [0.1, 0.15) is 13.3 Å². The number of hydrogen-bond donors (Lipinski definition) is 2. The molecule has 0 aromatic heterocycles. The third kappa shape index (κ3) is 3.64. The molecule has 0 fully saturated rings. The molecule has 0 heterocycles. The van der Waals surface area contributed by atoms with Crippen LogP contribution in [0.5, 0.6) is 0 Å². The number of nitrogens with zero attached hydrogens (tertiary/aromatic N) is 1. The van der Waals surface area contributed by atoms with Crippen molar-refractivity contribution in [3.05, 3.63) is 29.3 Å². The average Bonchev–Trinajstić information content (AvgIpc) is 2.27. The Hall–Kier alpha value is -0.870. The SMILES string of the molecule is CCC(Sc1ccc(Cl)cc1)C(N)=NO. The van der Waals surface area contributed by atoms with Gasteiger partial charge in [-0.1, -0.05) is 23.7 Å². The third-order valence-corrected chi connectivity index (χ3v) is 3.56. The molecule has 1 atom stereocenters. The summed E-state index contributed by atoms with van der Waals surface area (Å²) in [7, 11) is 0. The first-order valence-corrected chi connectivity index (χ1v) is 5.82. The third-order valence-electron chi connectivity index (χ3n) is 1.91. The lowest BCUT2D eigenvalue weighted by Gasteiger charge is -2.12. The Kier molecular flexibility index (Phi) is 4.78. The predicted octanol–water partition coefficient (Wildman–Crippen LogP) is 2.96. The van der Waals surface area contributed by atoms with Gasteiger partial charge < -0.3 is 10.9 Å². The fraction of sp³-hybridized carbons (Fsp3) is 0.300. The molecule has 0 saturated carbocycles. The van der Waals surface area contributed by atoms with E-state index in [2.05, 4.69) is 5.16 Å². The number of amidine groups is 1. The molecule has 0 radical (unpaired) electrons. The van der Waals surface area contributed by atoms with Gasteiger partial charge in [0.1, 0.15) is 0 Å². The second-order valence-corrected chi connectivity index (χ2v) is 4.71. The van der Waals surface area contributed by atoms with Crippen molar-refractivity contribution in [2.24, 2.45) is 10.9 Å². The molecule has 0 aliphatic heterocycles. The topological polar surface area (TPSA) is 58.6 Å². The van der Waals surface area contributed by atoms with Crippen LogP contribution in [-0.2, 0) is 0 Å². The van der Waals surface area contributed by atoms with Gasteiger partial charge in [0.15, 0.2) is 5.84 Å². The molecule has 0 amide bonds. The first-order valence-electron chi connectivity index (χ1n) is 4.57. The lowest BCUT2D eigenvalue weighted by atomic mass is 10.3. The molecule has 1 unspecified atom stereocenters. The highest BCUT2D eigenvalue weighted by molar-refractivity contribution is 8.00. The second-order valence-electron chi connectivity index (χ2n) is 2.99. The molecule has 0 aliphatic carbocycles. The van der Waals surface area contributed by atoms with Crippen LogP contribution in [0.2, 0.25) is 5.02 Å². The van der Waals surface area contributed by atoms with Crippen LogP contribution in [0.3, 0.4) is 0 Å². The summed E-state index contributed by atoms with van der Waals surface area (Å²) in [6.45, 7) is 1.99. The number of rotatable bonds is 4. The van der Waals surface area contributed by atoms with E-state index in [0.717, 1.165) is 11.3 Å². The van der Waals surface area contributed by atoms with Gasteiger partial charge in [-0.15, -0.1) is 11.8 Å². The Balaban J connectivity index is 2.71. The monoisotopic (exact) mass is 244 g/mol. The number of nitrogens with two attached hydrogens (primary N) is 1. The molecular formula is C10H13ClN2OS. The molecule has 1 aromatic rings. The Labute approximate surface area is 98.3 Å². The van der Waals surface area contributed by atoms with Crippen molar-refractivity contribution in [2.45, 2.75) is 23.5 Å².